The third-order valence-electron chi connectivity index (χ3n) is 16.2. The predicted molar refractivity (Wildman–Crippen MR) is 301 cm³/mol. The van der Waals surface area contributed by atoms with Crippen molar-refractivity contribution < 1.29 is 37.5 Å². The molecule has 5 heterocycles. The maximum Gasteiger partial charge on any atom is 0.494 e. The first kappa shape index (κ1) is 58.5. The molecule has 3 aliphatic heterocycles. The van der Waals surface area contributed by atoms with Crippen LogP contribution in [0.25, 0.3) is 0 Å². The highest BCUT2D eigenvalue weighted by molar-refractivity contribution is 14.1. The lowest BCUT2D eigenvalue weighted by Crippen LogP contribution is -2.49. The summed E-state index contributed by atoms with van der Waals surface area (Å²) in [5.74, 6) is 0.236. The van der Waals surface area contributed by atoms with Gasteiger partial charge < -0.3 is 49.2 Å². The maximum absolute atomic E-state index is 12.9. The van der Waals surface area contributed by atoms with E-state index in [-0.39, 0.29) is 46.1 Å². The molecule has 0 radical (unpaired) electrons. The number of urea groups is 2. The SMILES string of the molecule is CC1(C)OB(B2OC(C)(C)C(C)(C)O2)OC1(C)C.CC1(C)OB(c2ccc(NC(=O)NC3(c4ccnc(C#N)n4)CCCCC3)cc2)OC1(C)C.N#Cc1nccc(C2(NC(=O)Nc3ccc(I)cc3)CCCCC2)n1. The molecule has 402 valence electrons. The molecule has 18 nitrogen and oxygen atoms in total. The fraction of sp³-hybridized carbons (Fsp3) is 0.556. The Bertz CT molecular complexity index is 2690. The van der Waals surface area contributed by atoms with E-state index in [0.717, 1.165) is 78.9 Å². The van der Waals surface area contributed by atoms with Gasteiger partial charge in [-0.15, -0.1) is 0 Å². The topological polar surface area (TPSA) is 237 Å². The van der Waals surface area contributed by atoms with Crippen LogP contribution in [0.1, 0.15) is 170 Å². The summed E-state index contributed by atoms with van der Waals surface area (Å²) < 4.78 is 37.1. The number of hydrogen-bond acceptors (Lipinski definition) is 14. The number of nitrogens with zero attached hydrogens (tertiary/aromatic N) is 6. The molecule has 4 aromatic rings. The van der Waals surface area contributed by atoms with Crippen molar-refractivity contribution in [2.45, 2.75) is 192 Å². The summed E-state index contributed by atoms with van der Waals surface area (Å²) >= 11 is 2.22. The zero-order chi connectivity index (χ0) is 55.4. The average molecular weight is 1150 g/mol. The van der Waals surface area contributed by atoms with Gasteiger partial charge in [0.2, 0.25) is 11.6 Å². The van der Waals surface area contributed by atoms with Crippen LogP contribution in [0.15, 0.2) is 73.1 Å². The van der Waals surface area contributed by atoms with E-state index in [0.29, 0.717) is 17.1 Å². The van der Waals surface area contributed by atoms with Crippen molar-refractivity contribution in [2.24, 2.45) is 0 Å². The molecule has 0 bridgehead atoms. The highest BCUT2D eigenvalue weighted by atomic mass is 127. The second kappa shape index (κ2) is 23.0. The predicted octanol–water partition coefficient (Wildman–Crippen LogP) is 9.81. The summed E-state index contributed by atoms with van der Waals surface area (Å²) in [6, 6.07) is 22.1. The number of halogens is 1. The second-order valence-corrected chi connectivity index (χ2v) is 24.4. The standard InChI is InChI=1S/C24H30BN5O3.C18H18IN5O.C12H24B2O4/c1-22(2)23(3,4)33-25(32-22)17-8-10-18(11-9-17)28-21(31)30-24(13-6-5-7-14-24)19-12-15-27-20(16-26)29-19;19-13-4-6-14(7-5-13)22-17(25)24-18(9-2-1-3-10-18)15-8-11-21-16(12-20)23-15;1-9(2)10(3,4)16-13(15-9)14-17-11(5,6)12(7,8)18-14/h8-12,15H,5-7,13-14H2,1-4H3,(H2,28,30,31);4-8,11H,1-3,9-10H2,(H2,22,24,25);1-8H3. The fourth-order valence-electron chi connectivity index (χ4n) is 9.55. The lowest BCUT2D eigenvalue weighted by Gasteiger charge is -2.37. The molecule has 2 aromatic carbocycles. The molecular weight excluding hydrogens is 1080 g/mol. The van der Waals surface area contributed by atoms with Crippen LogP contribution in [-0.2, 0) is 39.0 Å². The largest absolute Gasteiger partial charge is 0.494 e. The zero-order valence-electron chi connectivity index (χ0n) is 46.1. The number of aromatic nitrogens is 4. The summed E-state index contributed by atoms with van der Waals surface area (Å²) in [4.78, 5) is 42.1. The molecule has 0 unspecified atom stereocenters. The maximum atomic E-state index is 12.9. The summed E-state index contributed by atoms with van der Waals surface area (Å²) in [7, 11) is -1.40. The number of anilines is 2. The number of hydrogen-bond donors (Lipinski definition) is 4. The van der Waals surface area contributed by atoms with Gasteiger partial charge in [-0.25, -0.2) is 29.5 Å². The van der Waals surface area contributed by atoms with Gasteiger partial charge in [-0.05, 0) is 185 Å². The van der Waals surface area contributed by atoms with E-state index in [1.54, 1.807) is 24.5 Å². The lowest BCUT2D eigenvalue weighted by molar-refractivity contribution is 0.00578. The molecule has 3 saturated heterocycles. The number of carbonyl (C=O) groups excluding carboxylic acids is 2. The van der Waals surface area contributed by atoms with Gasteiger partial charge in [0.25, 0.3) is 0 Å². The van der Waals surface area contributed by atoms with Crippen molar-refractivity contribution in [3.05, 3.63) is 99.7 Å². The zero-order valence-corrected chi connectivity index (χ0v) is 48.2. The van der Waals surface area contributed by atoms with E-state index in [9.17, 15) is 14.9 Å². The normalized spacial score (nSPS) is 21.8. The number of nitrogens with one attached hydrogen (secondary N) is 4. The van der Waals surface area contributed by atoms with Gasteiger partial charge in [0.1, 0.15) is 12.1 Å². The van der Waals surface area contributed by atoms with Crippen molar-refractivity contribution in [2.75, 3.05) is 10.6 Å². The van der Waals surface area contributed by atoms with Gasteiger partial charge in [0.05, 0.1) is 56.1 Å². The minimum absolute atomic E-state index is 0.109. The number of benzene rings is 2. The first-order valence-electron chi connectivity index (χ1n) is 26.2. The molecule has 0 atom stereocenters. The van der Waals surface area contributed by atoms with Crippen molar-refractivity contribution >= 4 is 72.6 Å². The van der Waals surface area contributed by atoms with E-state index in [2.05, 4.69) is 63.8 Å². The van der Waals surface area contributed by atoms with Gasteiger partial charge >= 0.3 is 33.2 Å². The summed E-state index contributed by atoms with van der Waals surface area (Å²) in [5, 5.41) is 30.3. The van der Waals surface area contributed by atoms with Crippen molar-refractivity contribution in [3.8, 4) is 12.1 Å². The van der Waals surface area contributed by atoms with Crippen LogP contribution >= 0.6 is 22.6 Å². The Kier molecular flexibility index (Phi) is 17.7. The van der Waals surface area contributed by atoms with Gasteiger partial charge in [0.15, 0.2) is 0 Å². The molecule has 2 saturated carbocycles. The first-order valence-corrected chi connectivity index (χ1v) is 27.3. The Labute approximate surface area is 463 Å². The van der Waals surface area contributed by atoms with E-state index in [1.807, 2.05) is 144 Å². The van der Waals surface area contributed by atoms with Crippen LogP contribution < -0.4 is 26.7 Å². The molecule has 4 N–H and O–H groups in total. The highest BCUT2D eigenvalue weighted by Crippen LogP contribution is 2.44. The molecule has 9 rings (SSSR count). The number of amides is 4. The Morgan fingerprint density at radius 3 is 1.17 bits per heavy atom. The second-order valence-electron chi connectivity index (χ2n) is 23.2. The van der Waals surface area contributed by atoms with Gasteiger partial charge in [-0.1, -0.05) is 50.7 Å². The van der Waals surface area contributed by atoms with Gasteiger partial charge in [-0.3, -0.25) is 0 Å². The summed E-state index contributed by atoms with van der Waals surface area (Å²) in [5.41, 5.74) is 0.267. The number of carbonyl (C=O) groups is 2. The average Bonchev–Trinajstić information content (AvgIpc) is 3.85. The number of rotatable bonds is 8. The molecule has 22 heteroatoms. The van der Waals surface area contributed by atoms with E-state index in [1.165, 1.54) is 0 Å². The molecule has 2 aliphatic carbocycles. The van der Waals surface area contributed by atoms with E-state index >= 15 is 0 Å². The molecule has 0 spiro atoms. The van der Waals surface area contributed by atoms with Crippen molar-refractivity contribution in [1.29, 1.82) is 10.5 Å². The van der Waals surface area contributed by atoms with Crippen LogP contribution in [0.4, 0.5) is 21.0 Å². The minimum Gasteiger partial charge on any atom is -0.405 e. The Hall–Kier alpha value is -5.20. The van der Waals surface area contributed by atoms with Crippen LogP contribution in [0.5, 0.6) is 0 Å². The molecule has 76 heavy (non-hydrogen) atoms. The Balaban J connectivity index is 0.000000174. The van der Waals surface area contributed by atoms with E-state index in [4.69, 9.17) is 33.2 Å². The Morgan fingerprint density at radius 2 is 0.829 bits per heavy atom. The van der Waals surface area contributed by atoms with Gasteiger partial charge in [0, 0.05) is 27.3 Å². The molecule has 4 amide bonds. The van der Waals surface area contributed by atoms with E-state index < -0.39 is 43.4 Å². The van der Waals surface area contributed by atoms with Gasteiger partial charge in [-0.2, -0.15) is 10.5 Å². The molecule has 5 aliphatic rings. The van der Waals surface area contributed by atoms with Crippen LogP contribution in [-0.4, -0.2) is 86.7 Å². The minimum atomic E-state index is -0.612. The summed E-state index contributed by atoms with van der Waals surface area (Å²) in [6.45, 7) is 24.3. The molecular formula is C54H72B3IN10O8. The smallest absolute Gasteiger partial charge is 0.405 e. The highest BCUT2D eigenvalue weighted by Gasteiger charge is 2.64. The first-order chi connectivity index (χ1) is 35.6. The quantitative estimate of drug-likeness (QED) is 0.0949. The van der Waals surface area contributed by atoms with Crippen LogP contribution in [0.3, 0.4) is 0 Å². The fourth-order valence-corrected chi connectivity index (χ4v) is 9.91. The summed E-state index contributed by atoms with van der Waals surface area (Å²) in [6.07, 6.45) is 12.5. The van der Waals surface area contributed by atoms with Crippen molar-refractivity contribution in [1.82, 2.24) is 30.6 Å². The van der Waals surface area contributed by atoms with Crippen molar-refractivity contribution in [3.63, 3.8) is 0 Å². The third kappa shape index (κ3) is 13.4. The lowest BCUT2D eigenvalue weighted by atomic mass is 9.49. The van der Waals surface area contributed by atoms with Crippen LogP contribution in [0.2, 0.25) is 0 Å². The third-order valence-corrected chi connectivity index (χ3v) is 16.9. The van der Waals surface area contributed by atoms with Crippen LogP contribution in [0, 0.1) is 26.2 Å². The molecule has 2 aromatic heterocycles. The monoisotopic (exact) mass is 1150 g/mol. The Morgan fingerprint density at radius 1 is 0.500 bits per heavy atom. The molecule has 5 fully saturated rings. The number of nitriles is 2.